The van der Waals surface area contributed by atoms with Gasteiger partial charge in [0.2, 0.25) is 5.88 Å². The third-order valence-electron chi connectivity index (χ3n) is 6.12. The van der Waals surface area contributed by atoms with Crippen LogP contribution in [0.4, 0.5) is 29.5 Å². The molecule has 0 bridgehead atoms. The van der Waals surface area contributed by atoms with Crippen LogP contribution in [0.15, 0.2) is 42.6 Å². The van der Waals surface area contributed by atoms with Crippen LogP contribution in [0.25, 0.3) is 10.8 Å². The number of piperidine rings is 1. The molecule has 1 aliphatic heterocycles. The van der Waals surface area contributed by atoms with E-state index in [-0.39, 0.29) is 25.6 Å². The van der Waals surface area contributed by atoms with Crippen LogP contribution in [0.5, 0.6) is 5.88 Å². The van der Waals surface area contributed by atoms with Gasteiger partial charge >= 0.3 is 12.2 Å². The normalized spacial score (nSPS) is 14.6. The molecule has 3 heterocycles. The average molecular weight is 504 g/mol. The fourth-order valence-corrected chi connectivity index (χ4v) is 4.16. The van der Waals surface area contributed by atoms with E-state index in [1.807, 2.05) is 4.90 Å². The molecule has 3 aromatic rings. The second-order valence-electron chi connectivity index (χ2n) is 8.74. The van der Waals surface area contributed by atoms with Gasteiger partial charge in [0.15, 0.2) is 0 Å². The lowest BCUT2D eigenvalue weighted by Crippen LogP contribution is -2.35. The molecule has 2 aromatic heterocycles. The molecule has 0 aliphatic carbocycles. The Kier molecular flexibility index (Phi) is 7.78. The number of fused-ring (bicyclic) bond motifs is 1. The summed E-state index contributed by atoms with van der Waals surface area (Å²) in [6.07, 6.45) is -1.28. The number of hydrogen-bond acceptors (Lipinski definition) is 6. The number of nitrogens with zero attached hydrogens (tertiary/aromatic N) is 3. The van der Waals surface area contributed by atoms with Gasteiger partial charge in [0.1, 0.15) is 18.1 Å². The van der Waals surface area contributed by atoms with E-state index >= 15 is 0 Å². The van der Waals surface area contributed by atoms with Crippen molar-refractivity contribution in [2.45, 2.75) is 32.5 Å². The lowest BCUT2D eigenvalue weighted by atomic mass is 9.99. The maximum absolute atomic E-state index is 13.3. The summed E-state index contributed by atoms with van der Waals surface area (Å²) in [5.74, 6) is 1.09. The maximum atomic E-state index is 13.3. The number of carbonyl (C=O) groups is 1. The number of anilines is 2. The highest BCUT2D eigenvalue weighted by Crippen LogP contribution is 2.32. The number of halogens is 3. The molecule has 0 atom stereocenters. The first-order chi connectivity index (χ1) is 17.3. The minimum Gasteiger partial charge on any atom is -0.475 e. The summed E-state index contributed by atoms with van der Waals surface area (Å²) in [5.41, 5.74) is 0.0689. The van der Waals surface area contributed by atoms with Gasteiger partial charge in [-0.25, -0.2) is 14.8 Å². The second-order valence-corrected chi connectivity index (χ2v) is 8.74. The van der Waals surface area contributed by atoms with Gasteiger partial charge in [0.25, 0.3) is 0 Å². The molecule has 8 nitrogen and oxygen atoms in total. The van der Waals surface area contributed by atoms with Crippen LogP contribution >= 0.6 is 0 Å². The molecule has 2 amide bonds. The van der Waals surface area contributed by atoms with Gasteiger partial charge in [-0.05, 0) is 43.0 Å². The van der Waals surface area contributed by atoms with Crippen molar-refractivity contribution in [2.24, 2.45) is 5.92 Å². The van der Waals surface area contributed by atoms with Gasteiger partial charge in [0.05, 0.1) is 12.3 Å². The van der Waals surface area contributed by atoms with Crippen LogP contribution in [-0.4, -0.2) is 47.4 Å². The Balaban J connectivity index is 1.50. The molecule has 36 heavy (non-hydrogen) atoms. The van der Waals surface area contributed by atoms with Gasteiger partial charge in [-0.15, -0.1) is 0 Å². The topological polar surface area (TPSA) is 99.6 Å². The first-order valence-electron chi connectivity index (χ1n) is 11.7. The largest absolute Gasteiger partial charge is 0.475 e. The number of ether oxygens (including phenoxy) is 1. The molecule has 11 heteroatoms. The second kappa shape index (κ2) is 11.0. The van der Waals surface area contributed by atoms with Gasteiger partial charge < -0.3 is 25.4 Å². The van der Waals surface area contributed by atoms with E-state index in [9.17, 15) is 18.0 Å². The first kappa shape index (κ1) is 25.5. The number of amides is 2. The van der Waals surface area contributed by atoms with Gasteiger partial charge in [-0.2, -0.15) is 13.2 Å². The molecule has 1 fully saturated rings. The van der Waals surface area contributed by atoms with Crippen LogP contribution in [0, 0.1) is 5.92 Å². The van der Waals surface area contributed by atoms with E-state index in [0.29, 0.717) is 46.9 Å². The third kappa shape index (κ3) is 5.96. The molecule has 0 unspecified atom stereocenters. The van der Waals surface area contributed by atoms with Crippen molar-refractivity contribution in [1.29, 1.82) is 0 Å². The number of alkyl halides is 3. The molecule has 4 rings (SSSR count). The van der Waals surface area contributed by atoms with Crippen molar-refractivity contribution in [1.82, 2.24) is 15.3 Å². The molecule has 1 aliphatic rings. The van der Waals surface area contributed by atoms with Crippen LogP contribution < -0.4 is 20.3 Å². The van der Waals surface area contributed by atoms with Crippen molar-refractivity contribution in [3.8, 4) is 5.88 Å². The molecule has 192 valence electrons. The Morgan fingerprint density at radius 2 is 1.94 bits per heavy atom. The Labute approximate surface area is 206 Å². The van der Waals surface area contributed by atoms with Gasteiger partial charge in [-0.3, -0.25) is 0 Å². The van der Waals surface area contributed by atoms with E-state index in [1.54, 1.807) is 24.3 Å². The molecular formula is C25H28F3N5O3. The average Bonchev–Trinajstić information content (AvgIpc) is 2.86. The van der Waals surface area contributed by atoms with Crippen LogP contribution in [0.3, 0.4) is 0 Å². The van der Waals surface area contributed by atoms with Crippen molar-refractivity contribution in [2.75, 3.05) is 36.5 Å². The highest BCUT2D eigenvalue weighted by molar-refractivity contribution is 6.03. The molecule has 1 saturated heterocycles. The smallest absolute Gasteiger partial charge is 0.433 e. The van der Waals surface area contributed by atoms with E-state index in [4.69, 9.17) is 9.84 Å². The number of aliphatic hydroxyl groups excluding tert-OH is 1. The number of nitrogens with one attached hydrogen (secondary N) is 2. The molecule has 3 N–H and O–H groups in total. The summed E-state index contributed by atoms with van der Waals surface area (Å²) in [4.78, 5) is 22.7. The molecule has 1 aromatic carbocycles. The van der Waals surface area contributed by atoms with Gasteiger partial charge in [0, 0.05) is 42.2 Å². The number of benzene rings is 1. The highest BCUT2D eigenvalue weighted by Gasteiger charge is 2.34. The minimum absolute atomic E-state index is 0.00946. The number of rotatable bonds is 7. The summed E-state index contributed by atoms with van der Waals surface area (Å²) in [6, 6.07) is 8.77. The number of pyridine rings is 2. The van der Waals surface area contributed by atoms with Crippen molar-refractivity contribution >= 4 is 28.3 Å². The number of aliphatic hydroxyl groups is 1. The number of hydrogen-bond donors (Lipinski definition) is 3. The number of carbonyl (C=O) groups excluding carboxylic acids is 1. The predicted octanol–water partition coefficient (Wildman–Crippen LogP) is 4.58. The Hall–Kier alpha value is -3.60. The summed E-state index contributed by atoms with van der Waals surface area (Å²) >= 11 is 0. The molecule has 0 radical (unpaired) electrons. The molecule has 0 saturated carbocycles. The van der Waals surface area contributed by atoms with Crippen molar-refractivity contribution < 1.29 is 27.8 Å². The van der Waals surface area contributed by atoms with E-state index < -0.39 is 17.9 Å². The van der Waals surface area contributed by atoms with Gasteiger partial charge in [-0.1, -0.05) is 19.1 Å². The highest BCUT2D eigenvalue weighted by atomic mass is 19.4. The lowest BCUT2D eigenvalue weighted by molar-refractivity contribution is -0.141. The zero-order chi connectivity index (χ0) is 25.7. The maximum Gasteiger partial charge on any atom is 0.433 e. The zero-order valence-corrected chi connectivity index (χ0v) is 19.8. The summed E-state index contributed by atoms with van der Waals surface area (Å²) < 4.78 is 45.4. The zero-order valence-electron chi connectivity index (χ0n) is 19.8. The van der Waals surface area contributed by atoms with E-state index in [0.717, 1.165) is 18.9 Å². The summed E-state index contributed by atoms with van der Waals surface area (Å²) in [5, 5.41) is 15.9. The number of urea groups is 1. The van der Waals surface area contributed by atoms with E-state index in [2.05, 4.69) is 27.5 Å². The molecule has 0 spiro atoms. The number of aromatic nitrogens is 2. The fourth-order valence-electron chi connectivity index (χ4n) is 4.16. The molecular weight excluding hydrogens is 475 g/mol. The Bertz CT molecular complexity index is 1210. The third-order valence-corrected chi connectivity index (χ3v) is 6.12. The first-order valence-corrected chi connectivity index (χ1v) is 11.7. The van der Waals surface area contributed by atoms with Crippen molar-refractivity contribution in [3.63, 3.8) is 0 Å². The standard InChI is InChI=1S/C25H28F3N5O3/c1-16-8-11-33(12-9-16)22-17(5-6-21(32-22)25(26,27)28)15-30-24(35)31-20-4-2-3-19-18(20)7-10-29-23(19)36-14-13-34/h2-7,10,16,34H,8-9,11-15H2,1H3,(H2,30,31,35). The van der Waals surface area contributed by atoms with Crippen LogP contribution in [-0.2, 0) is 12.7 Å². The Morgan fingerprint density at radius 1 is 1.17 bits per heavy atom. The predicted molar refractivity (Wildman–Crippen MR) is 130 cm³/mol. The SMILES string of the molecule is CC1CCN(c2nc(C(F)(F)F)ccc2CNC(=O)Nc2cccc3c(OCCO)nccc23)CC1. The quantitative estimate of drug-likeness (QED) is 0.437. The summed E-state index contributed by atoms with van der Waals surface area (Å²) in [7, 11) is 0. The van der Waals surface area contributed by atoms with Crippen LogP contribution in [0.1, 0.15) is 31.0 Å². The summed E-state index contributed by atoms with van der Waals surface area (Å²) in [6.45, 7) is 3.28. The fraction of sp³-hybridized carbons (Fsp3) is 0.400. The van der Waals surface area contributed by atoms with Crippen LogP contribution in [0.2, 0.25) is 0 Å². The van der Waals surface area contributed by atoms with E-state index in [1.165, 1.54) is 12.3 Å². The minimum atomic E-state index is -4.55. The monoisotopic (exact) mass is 503 g/mol. The van der Waals surface area contributed by atoms with Crippen molar-refractivity contribution in [3.05, 3.63) is 53.9 Å². The lowest BCUT2D eigenvalue weighted by Gasteiger charge is -2.33. The Morgan fingerprint density at radius 3 is 2.67 bits per heavy atom.